The molecule has 8 heteroatoms. The Hall–Kier alpha value is -1.86. The molecule has 0 spiro atoms. The van der Waals surface area contributed by atoms with Crippen molar-refractivity contribution in [1.29, 1.82) is 0 Å². The number of rotatable bonds is 3. The fourth-order valence-corrected chi connectivity index (χ4v) is 3.15. The summed E-state index contributed by atoms with van der Waals surface area (Å²) in [7, 11) is -3.78. The number of nitrogens with zero attached hydrogens (tertiary/aromatic N) is 2. The molecule has 0 saturated carbocycles. The molecule has 0 bridgehead atoms. The summed E-state index contributed by atoms with van der Waals surface area (Å²) in [6.45, 7) is 3.42. The molecule has 3 N–H and O–H groups in total. The van der Waals surface area contributed by atoms with E-state index in [0.717, 1.165) is 5.56 Å². The van der Waals surface area contributed by atoms with Crippen molar-refractivity contribution in [3.05, 3.63) is 40.5 Å². The van der Waals surface area contributed by atoms with Crippen LogP contribution in [0.25, 0.3) is 0 Å². The van der Waals surface area contributed by atoms with Crippen LogP contribution in [0, 0.1) is 13.8 Å². The molecule has 1 aromatic carbocycles. The number of nitrogen functional groups attached to an aromatic ring is 1. The van der Waals surface area contributed by atoms with Crippen LogP contribution in [0.15, 0.2) is 29.2 Å². The van der Waals surface area contributed by atoms with Crippen molar-refractivity contribution in [3.8, 4) is 0 Å². The maximum absolute atomic E-state index is 12.3. The van der Waals surface area contributed by atoms with Crippen LogP contribution >= 0.6 is 11.6 Å². The van der Waals surface area contributed by atoms with Gasteiger partial charge in [0.05, 0.1) is 4.90 Å². The molecular formula is C12H13ClN4O2S. The summed E-state index contributed by atoms with van der Waals surface area (Å²) in [5.41, 5.74) is 7.47. The fraction of sp³-hybridized carbons (Fsp3) is 0.167. The zero-order valence-electron chi connectivity index (χ0n) is 10.9. The Balaban J connectivity index is 2.43. The van der Waals surface area contributed by atoms with Crippen LogP contribution < -0.4 is 10.5 Å². The maximum atomic E-state index is 12.3. The monoisotopic (exact) mass is 312 g/mol. The molecule has 2 aromatic rings. The van der Waals surface area contributed by atoms with Crippen LogP contribution in [0.1, 0.15) is 11.1 Å². The van der Waals surface area contributed by atoms with Gasteiger partial charge in [-0.15, -0.1) is 10.2 Å². The normalized spacial score (nSPS) is 11.3. The number of halogens is 1. The SMILES string of the molecule is Cc1cc(N)c(C)c(S(=O)(=O)Nc2ccc(Cl)nn2)c1. The zero-order valence-corrected chi connectivity index (χ0v) is 12.5. The number of aromatic nitrogens is 2. The predicted molar refractivity (Wildman–Crippen MR) is 78.2 cm³/mol. The van der Waals surface area contributed by atoms with Gasteiger partial charge in [-0.2, -0.15) is 0 Å². The van der Waals surface area contributed by atoms with Crippen molar-refractivity contribution in [1.82, 2.24) is 10.2 Å². The third-order valence-corrected chi connectivity index (χ3v) is 4.39. The van der Waals surface area contributed by atoms with Gasteiger partial charge in [0.15, 0.2) is 11.0 Å². The minimum Gasteiger partial charge on any atom is -0.398 e. The van der Waals surface area contributed by atoms with Crippen molar-refractivity contribution in [2.75, 3.05) is 10.5 Å². The number of aryl methyl sites for hydroxylation is 1. The lowest BCUT2D eigenvalue weighted by molar-refractivity contribution is 0.600. The van der Waals surface area contributed by atoms with Crippen molar-refractivity contribution in [2.24, 2.45) is 0 Å². The number of benzene rings is 1. The molecule has 1 aromatic heterocycles. The van der Waals surface area contributed by atoms with Crippen LogP contribution in [0.2, 0.25) is 5.15 Å². The number of anilines is 2. The van der Waals surface area contributed by atoms with E-state index in [1.54, 1.807) is 26.0 Å². The highest BCUT2D eigenvalue weighted by Gasteiger charge is 2.19. The third-order valence-electron chi connectivity index (χ3n) is 2.70. The van der Waals surface area contributed by atoms with E-state index in [1.807, 2.05) is 0 Å². The quantitative estimate of drug-likeness (QED) is 0.846. The first-order valence-electron chi connectivity index (χ1n) is 5.68. The summed E-state index contributed by atoms with van der Waals surface area (Å²) in [5.74, 6) is 0.0916. The summed E-state index contributed by atoms with van der Waals surface area (Å²) in [5, 5.41) is 7.42. The first kappa shape index (κ1) is 14.5. The van der Waals surface area contributed by atoms with Gasteiger partial charge in [0, 0.05) is 5.69 Å². The second kappa shape index (κ2) is 5.26. The molecule has 1 heterocycles. The number of nitrogens with one attached hydrogen (secondary N) is 1. The minimum atomic E-state index is -3.78. The number of hydrogen-bond acceptors (Lipinski definition) is 5. The van der Waals surface area contributed by atoms with E-state index in [9.17, 15) is 8.42 Å². The van der Waals surface area contributed by atoms with E-state index >= 15 is 0 Å². The van der Waals surface area contributed by atoms with Crippen molar-refractivity contribution in [2.45, 2.75) is 18.7 Å². The first-order chi connectivity index (χ1) is 9.29. The molecule has 0 aliphatic carbocycles. The number of sulfonamides is 1. The molecule has 0 radical (unpaired) electrons. The average molecular weight is 313 g/mol. The molecule has 0 fully saturated rings. The molecule has 20 heavy (non-hydrogen) atoms. The van der Waals surface area contributed by atoms with Gasteiger partial charge in [0.25, 0.3) is 10.0 Å². The predicted octanol–water partition coefficient (Wildman–Crippen LogP) is 2.13. The first-order valence-corrected chi connectivity index (χ1v) is 7.54. The van der Waals surface area contributed by atoms with Crippen LogP contribution in [0.3, 0.4) is 0 Å². The molecule has 0 aliphatic rings. The standard InChI is InChI=1S/C12H13ClN4O2S/c1-7-5-9(14)8(2)10(6-7)20(18,19)17-12-4-3-11(13)15-16-12/h3-6H,14H2,1-2H3,(H,16,17). The van der Waals surface area contributed by atoms with Crippen LogP contribution in [0.5, 0.6) is 0 Å². The largest absolute Gasteiger partial charge is 0.398 e. The van der Waals surface area contributed by atoms with Crippen molar-refractivity contribution >= 4 is 33.1 Å². The van der Waals surface area contributed by atoms with E-state index in [1.165, 1.54) is 12.1 Å². The molecule has 106 valence electrons. The Morgan fingerprint density at radius 2 is 1.90 bits per heavy atom. The Kier molecular flexibility index (Phi) is 3.82. The van der Waals surface area contributed by atoms with E-state index in [0.29, 0.717) is 11.3 Å². The summed E-state index contributed by atoms with van der Waals surface area (Å²) in [6, 6.07) is 6.15. The van der Waals surface area contributed by atoms with Gasteiger partial charge in [-0.25, -0.2) is 8.42 Å². The van der Waals surface area contributed by atoms with E-state index in [4.69, 9.17) is 17.3 Å². The zero-order chi connectivity index (χ0) is 14.9. The highest BCUT2D eigenvalue weighted by molar-refractivity contribution is 7.92. The third kappa shape index (κ3) is 3.00. The van der Waals surface area contributed by atoms with Crippen molar-refractivity contribution in [3.63, 3.8) is 0 Å². The highest BCUT2D eigenvalue weighted by atomic mass is 35.5. The van der Waals surface area contributed by atoms with Gasteiger partial charge < -0.3 is 5.73 Å². The number of nitrogens with two attached hydrogens (primary N) is 1. The molecule has 6 nitrogen and oxygen atoms in total. The van der Waals surface area contributed by atoms with Gasteiger partial charge in [-0.3, -0.25) is 4.72 Å². The second-order valence-corrected chi connectivity index (χ2v) is 6.36. The summed E-state index contributed by atoms with van der Waals surface area (Å²) >= 11 is 5.60. The summed E-state index contributed by atoms with van der Waals surface area (Å²) < 4.78 is 27.0. The Labute approximate surface area is 122 Å². The maximum Gasteiger partial charge on any atom is 0.263 e. The fourth-order valence-electron chi connectivity index (χ4n) is 1.69. The molecule has 0 aliphatic heterocycles. The van der Waals surface area contributed by atoms with Gasteiger partial charge >= 0.3 is 0 Å². The second-order valence-electron chi connectivity index (χ2n) is 4.32. The molecule has 0 amide bonds. The smallest absolute Gasteiger partial charge is 0.263 e. The Morgan fingerprint density at radius 3 is 2.50 bits per heavy atom. The lowest BCUT2D eigenvalue weighted by atomic mass is 10.1. The summed E-state index contributed by atoms with van der Waals surface area (Å²) in [6.07, 6.45) is 0. The molecule has 0 atom stereocenters. The highest BCUT2D eigenvalue weighted by Crippen LogP contribution is 2.24. The molecule has 0 unspecified atom stereocenters. The molecular weight excluding hydrogens is 300 g/mol. The van der Waals surface area contributed by atoms with Crippen LogP contribution in [-0.2, 0) is 10.0 Å². The van der Waals surface area contributed by atoms with E-state index in [-0.39, 0.29) is 15.9 Å². The average Bonchev–Trinajstić information content (AvgIpc) is 2.36. The Morgan fingerprint density at radius 1 is 1.20 bits per heavy atom. The van der Waals surface area contributed by atoms with Gasteiger partial charge in [-0.1, -0.05) is 11.6 Å². The van der Waals surface area contributed by atoms with Crippen LogP contribution in [0.4, 0.5) is 11.5 Å². The Bertz CT molecular complexity index is 745. The van der Waals surface area contributed by atoms with Gasteiger partial charge in [-0.05, 0) is 49.2 Å². The number of hydrogen-bond donors (Lipinski definition) is 2. The summed E-state index contributed by atoms with van der Waals surface area (Å²) in [4.78, 5) is 0.117. The van der Waals surface area contributed by atoms with Gasteiger partial charge in [0.2, 0.25) is 0 Å². The van der Waals surface area contributed by atoms with Crippen molar-refractivity contribution < 1.29 is 8.42 Å². The van der Waals surface area contributed by atoms with E-state index in [2.05, 4.69) is 14.9 Å². The lowest BCUT2D eigenvalue weighted by Gasteiger charge is -2.12. The van der Waals surface area contributed by atoms with Crippen LogP contribution in [-0.4, -0.2) is 18.6 Å². The lowest BCUT2D eigenvalue weighted by Crippen LogP contribution is -2.16. The van der Waals surface area contributed by atoms with E-state index < -0.39 is 10.0 Å². The van der Waals surface area contributed by atoms with Gasteiger partial charge in [0.1, 0.15) is 0 Å². The molecule has 0 saturated heterocycles. The molecule has 2 rings (SSSR count). The minimum absolute atomic E-state index is 0.0916. The topological polar surface area (TPSA) is 98.0 Å².